The summed E-state index contributed by atoms with van der Waals surface area (Å²) in [7, 11) is 0. The number of likely N-dealkylation sites (N-methyl/N-ethyl adjacent to an activating group) is 1. The van der Waals surface area contributed by atoms with Crippen LogP contribution in [0.3, 0.4) is 0 Å². The van der Waals surface area contributed by atoms with E-state index in [0.29, 0.717) is 0 Å². The number of hydrogen-bond donors (Lipinski definition) is 1. The first-order valence-electron chi connectivity index (χ1n) is 8.82. The summed E-state index contributed by atoms with van der Waals surface area (Å²) in [5.41, 5.74) is 2.26. The monoisotopic (exact) mass is 335 g/mol. The molecule has 4 nitrogen and oxygen atoms in total. The van der Waals surface area contributed by atoms with E-state index in [1.54, 1.807) is 0 Å². The van der Waals surface area contributed by atoms with Crippen LogP contribution in [0.5, 0.6) is 11.5 Å². The van der Waals surface area contributed by atoms with Crippen molar-refractivity contribution in [2.24, 2.45) is 0 Å². The van der Waals surface area contributed by atoms with E-state index in [0.717, 1.165) is 40.6 Å². The van der Waals surface area contributed by atoms with Gasteiger partial charge in [0.2, 0.25) is 0 Å². The summed E-state index contributed by atoms with van der Waals surface area (Å²) < 4.78 is 12.8. The zero-order chi connectivity index (χ0) is 17.3. The van der Waals surface area contributed by atoms with Crippen LogP contribution in [0.25, 0.3) is 0 Å². The molecule has 0 saturated heterocycles. The van der Waals surface area contributed by atoms with Gasteiger partial charge in [-0.25, -0.2) is 4.48 Å². The Labute approximate surface area is 148 Å². The Balaban J connectivity index is 1.55. The zero-order valence-electron chi connectivity index (χ0n) is 14.6. The maximum atomic E-state index is 6.23. The molecule has 0 fully saturated rings. The van der Waals surface area contributed by atoms with Crippen molar-refractivity contribution in [3.8, 4) is 11.5 Å². The standard InChI is InChI=1S/C21H23N2O2/c1-3-23(4-2)17-11-6-8-13-19(17)25-21(23)15-9-14-20-22-16-10-5-7-12-18(16)24-20/h5-15,21-22H,3-4H2,1-2H3/q+1. The van der Waals surface area contributed by atoms with Crippen LogP contribution in [-0.4, -0.2) is 19.3 Å². The smallest absolute Gasteiger partial charge is 0.258 e. The molecule has 0 aliphatic carbocycles. The number of hydrogen-bond acceptors (Lipinski definition) is 3. The van der Waals surface area contributed by atoms with E-state index in [1.165, 1.54) is 5.69 Å². The van der Waals surface area contributed by atoms with Crippen LogP contribution in [0, 0.1) is 0 Å². The molecule has 128 valence electrons. The minimum absolute atomic E-state index is 0.0203. The van der Waals surface area contributed by atoms with E-state index in [2.05, 4.69) is 43.4 Å². The number of quaternary nitrogens is 1. The maximum Gasteiger partial charge on any atom is 0.258 e. The van der Waals surface area contributed by atoms with E-state index in [1.807, 2.05) is 42.5 Å². The van der Waals surface area contributed by atoms with Crippen LogP contribution in [0.2, 0.25) is 0 Å². The summed E-state index contributed by atoms with van der Waals surface area (Å²) in [6, 6.07) is 16.3. The molecule has 0 spiro atoms. The van der Waals surface area contributed by atoms with Crippen molar-refractivity contribution < 1.29 is 9.47 Å². The third-order valence-electron chi connectivity index (χ3n) is 5.10. The number of fused-ring (bicyclic) bond motifs is 2. The number of allylic oxidation sites excluding steroid dienone is 2. The minimum atomic E-state index is -0.0203. The van der Waals surface area contributed by atoms with Crippen LogP contribution in [0.4, 0.5) is 11.4 Å². The van der Waals surface area contributed by atoms with Crippen LogP contribution in [0.1, 0.15) is 13.8 Å². The van der Waals surface area contributed by atoms with Crippen molar-refractivity contribution >= 4 is 11.4 Å². The Morgan fingerprint density at radius 1 is 1.00 bits per heavy atom. The molecule has 2 aromatic rings. The Hall–Kier alpha value is -2.72. The Morgan fingerprint density at radius 3 is 2.48 bits per heavy atom. The predicted octanol–water partition coefficient (Wildman–Crippen LogP) is 4.65. The molecule has 0 amide bonds. The molecule has 4 rings (SSSR count). The molecule has 2 heterocycles. The molecule has 2 aliphatic rings. The highest BCUT2D eigenvalue weighted by atomic mass is 16.5. The first kappa shape index (κ1) is 15.8. The van der Waals surface area contributed by atoms with E-state index in [-0.39, 0.29) is 6.23 Å². The van der Waals surface area contributed by atoms with Crippen LogP contribution < -0.4 is 19.3 Å². The summed E-state index contributed by atoms with van der Waals surface area (Å²) in [6.07, 6.45) is 6.07. The van der Waals surface area contributed by atoms with E-state index >= 15 is 0 Å². The van der Waals surface area contributed by atoms with Crippen LogP contribution in [0.15, 0.2) is 72.6 Å². The maximum absolute atomic E-state index is 6.23. The number of ether oxygens (including phenoxy) is 2. The summed E-state index contributed by atoms with van der Waals surface area (Å²) in [4.78, 5) is 0. The van der Waals surface area contributed by atoms with Gasteiger partial charge in [-0.1, -0.05) is 30.3 Å². The van der Waals surface area contributed by atoms with Crippen molar-refractivity contribution in [2.75, 3.05) is 18.4 Å². The van der Waals surface area contributed by atoms with Gasteiger partial charge in [0.1, 0.15) is 0 Å². The van der Waals surface area contributed by atoms with Gasteiger partial charge in [0.05, 0.1) is 18.8 Å². The lowest BCUT2D eigenvalue weighted by Gasteiger charge is -2.34. The number of nitrogens with one attached hydrogen (secondary N) is 1. The van der Waals surface area contributed by atoms with Crippen LogP contribution >= 0.6 is 0 Å². The average molecular weight is 335 g/mol. The fourth-order valence-electron chi connectivity index (χ4n) is 3.67. The summed E-state index contributed by atoms with van der Waals surface area (Å²) in [5.74, 6) is 2.58. The summed E-state index contributed by atoms with van der Waals surface area (Å²) in [6.45, 7) is 6.40. The van der Waals surface area contributed by atoms with Crippen molar-refractivity contribution in [2.45, 2.75) is 20.1 Å². The molecule has 0 radical (unpaired) electrons. The van der Waals surface area contributed by atoms with E-state index < -0.39 is 0 Å². The second kappa shape index (κ2) is 6.30. The summed E-state index contributed by atoms with van der Waals surface area (Å²) in [5, 5.41) is 3.27. The number of nitrogens with zero attached hydrogens (tertiary/aromatic N) is 1. The largest absolute Gasteiger partial charge is 0.439 e. The predicted molar refractivity (Wildman–Crippen MR) is 102 cm³/mol. The highest BCUT2D eigenvalue weighted by Crippen LogP contribution is 2.43. The van der Waals surface area contributed by atoms with Crippen LogP contribution in [-0.2, 0) is 0 Å². The third kappa shape index (κ3) is 2.59. The highest BCUT2D eigenvalue weighted by Gasteiger charge is 2.44. The van der Waals surface area contributed by atoms with Crippen molar-refractivity contribution in [1.29, 1.82) is 0 Å². The normalized spacial score (nSPS) is 21.5. The fourth-order valence-corrected chi connectivity index (χ4v) is 3.67. The topological polar surface area (TPSA) is 30.5 Å². The molecule has 1 N–H and O–H groups in total. The van der Waals surface area contributed by atoms with Crippen molar-refractivity contribution in [3.05, 3.63) is 72.6 Å². The first-order chi connectivity index (χ1) is 12.3. The second-order valence-corrected chi connectivity index (χ2v) is 6.28. The highest BCUT2D eigenvalue weighted by molar-refractivity contribution is 5.64. The molecule has 2 aliphatic heterocycles. The quantitative estimate of drug-likeness (QED) is 0.825. The number of anilines is 1. The van der Waals surface area contributed by atoms with Gasteiger partial charge in [-0.15, -0.1) is 0 Å². The molecule has 0 saturated carbocycles. The number of para-hydroxylation sites is 4. The van der Waals surface area contributed by atoms with E-state index in [4.69, 9.17) is 9.47 Å². The SMILES string of the molecule is CC[N+]1(CC)c2ccccc2OC1C=CC=C1Nc2ccccc2O1. The van der Waals surface area contributed by atoms with E-state index in [9.17, 15) is 0 Å². The van der Waals surface area contributed by atoms with Gasteiger partial charge in [-0.05, 0) is 38.1 Å². The molecule has 4 heteroatoms. The first-order valence-corrected chi connectivity index (χ1v) is 8.82. The summed E-state index contributed by atoms with van der Waals surface area (Å²) >= 11 is 0. The lowest BCUT2D eigenvalue weighted by atomic mass is 10.2. The van der Waals surface area contributed by atoms with Gasteiger partial charge < -0.3 is 14.8 Å². The molecule has 0 bridgehead atoms. The fraction of sp³-hybridized carbons (Fsp3) is 0.238. The molecule has 1 atom stereocenters. The van der Waals surface area contributed by atoms with Gasteiger partial charge in [-0.3, -0.25) is 0 Å². The zero-order valence-corrected chi connectivity index (χ0v) is 14.6. The Morgan fingerprint density at radius 2 is 1.72 bits per heavy atom. The molecular weight excluding hydrogens is 312 g/mol. The average Bonchev–Trinajstić information content (AvgIpc) is 3.20. The van der Waals surface area contributed by atoms with Gasteiger partial charge >= 0.3 is 0 Å². The lowest BCUT2D eigenvalue weighted by molar-refractivity contribution is 0.115. The number of rotatable bonds is 4. The minimum Gasteiger partial charge on any atom is -0.439 e. The molecule has 25 heavy (non-hydrogen) atoms. The second-order valence-electron chi connectivity index (χ2n) is 6.28. The van der Waals surface area contributed by atoms with Gasteiger partial charge in [0.25, 0.3) is 6.23 Å². The van der Waals surface area contributed by atoms with Crippen molar-refractivity contribution in [1.82, 2.24) is 4.48 Å². The Bertz CT molecular complexity index is 810. The molecular formula is C21H23N2O2+. The van der Waals surface area contributed by atoms with Gasteiger partial charge in [-0.2, -0.15) is 0 Å². The molecule has 0 aromatic heterocycles. The third-order valence-corrected chi connectivity index (χ3v) is 5.10. The van der Waals surface area contributed by atoms with Crippen molar-refractivity contribution in [3.63, 3.8) is 0 Å². The molecule has 1 unspecified atom stereocenters. The number of benzene rings is 2. The Kier molecular flexibility index (Phi) is 3.98. The van der Waals surface area contributed by atoms with Gasteiger partial charge in [0, 0.05) is 12.1 Å². The van der Waals surface area contributed by atoms with Gasteiger partial charge in [0.15, 0.2) is 23.1 Å². The molecule has 2 aromatic carbocycles. The lowest BCUT2D eigenvalue weighted by Crippen LogP contribution is -2.54.